The Morgan fingerprint density at radius 3 is 1.97 bits per heavy atom. The van der Waals surface area contributed by atoms with Gasteiger partial charge < -0.3 is 4.52 Å². The number of hydrogen-bond acceptors (Lipinski definition) is 4. The maximum Gasteiger partial charge on any atom is 0.292 e. The second-order valence-corrected chi connectivity index (χ2v) is 9.49. The predicted octanol–water partition coefficient (Wildman–Crippen LogP) is 4.42. The summed E-state index contributed by atoms with van der Waals surface area (Å²) in [7, 11) is -3.91. The molecule has 32 heavy (non-hydrogen) atoms. The summed E-state index contributed by atoms with van der Waals surface area (Å²) in [5.74, 6) is 0.344. The van der Waals surface area contributed by atoms with E-state index in [1.807, 2.05) is 32.0 Å². The van der Waals surface area contributed by atoms with Gasteiger partial charge >= 0.3 is 0 Å². The number of sulfonamides is 1. The number of aryl methyl sites for hydroxylation is 3. The van der Waals surface area contributed by atoms with Crippen LogP contribution in [0.5, 0.6) is 0 Å². The minimum Gasteiger partial charge on any atom is -0.376 e. The van der Waals surface area contributed by atoms with Crippen LogP contribution in [-0.4, -0.2) is 13.2 Å². The number of hydrogen-bond donors (Lipinski definition) is 1. The molecular weight excluding hydrogens is 424 g/mol. The molecule has 1 unspecified atom stereocenters. The number of nitrogens with one attached hydrogen (secondary N) is 1. The quantitative estimate of drug-likeness (QED) is 0.473. The third-order valence-electron chi connectivity index (χ3n) is 5.32. The fraction of sp³-hybridized carbons (Fsp3) is 0.160. The van der Waals surface area contributed by atoms with Gasteiger partial charge in [0.1, 0.15) is 5.76 Å². The van der Waals surface area contributed by atoms with Crippen molar-refractivity contribution >= 4 is 10.0 Å². The van der Waals surface area contributed by atoms with Crippen LogP contribution in [0.15, 0.2) is 93.1 Å². The van der Waals surface area contributed by atoms with Gasteiger partial charge in [-0.15, -0.1) is 4.74 Å². The van der Waals surface area contributed by atoms with Gasteiger partial charge in [0, 0.05) is 0 Å². The van der Waals surface area contributed by atoms with E-state index in [1.165, 1.54) is 4.74 Å². The van der Waals surface area contributed by atoms with E-state index in [9.17, 15) is 13.2 Å². The van der Waals surface area contributed by atoms with Crippen molar-refractivity contribution in [1.82, 2.24) is 9.46 Å². The molecule has 0 saturated heterocycles. The second-order valence-electron chi connectivity index (χ2n) is 7.77. The maximum absolute atomic E-state index is 13.4. The molecule has 0 spiro atoms. The van der Waals surface area contributed by atoms with Crippen molar-refractivity contribution in [2.24, 2.45) is 0 Å². The Labute approximate surface area is 187 Å². The first-order chi connectivity index (χ1) is 15.3. The lowest BCUT2D eigenvalue weighted by Crippen LogP contribution is -2.33. The molecule has 1 aromatic heterocycles. The van der Waals surface area contributed by atoms with Crippen LogP contribution in [-0.2, 0) is 10.0 Å². The van der Waals surface area contributed by atoms with Gasteiger partial charge in [0.2, 0.25) is 10.0 Å². The highest BCUT2D eigenvalue weighted by atomic mass is 32.2. The van der Waals surface area contributed by atoms with Gasteiger partial charge in [0.05, 0.1) is 22.2 Å². The molecule has 0 fully saturated rings. The van der Waals surface area contributed by atoms with Crippen molar-refractivity contribution in [3.63, 3.8) is 0 Å². The number of nitrogens with zero attached hydrogens (tertiary/aromatic N) is 1. The second kappa shape index (κ2) is 8.61. The Bertz CT molecular complexity index is 1390. The average molecular weight is 449 g/mol. The SMILES string of the molecule is Cc1ccc(-n2oc(C)c(C(NS(=O)(=O)c3ccc(C)cc3)c3ccccc3)c2=O)cc1. The van der Waals surface area contributed by atoms with Crippen LogP contribution in [0.3, 0.4) is 0 Å². The lowest BCUT2D eigenvalue weighted by atomic mass is 10.0. The number of rotatable bonds is 6. The summed E-state index contributed by atoms with van der Waals surface area (Å²) in [4.78, 5) is 13.5. The van der Waals surface area contributed by atoms with E-state index < -0.39 is 21.6 Å². The van der Waals surface area contributed by atoms with Gasteiger partial charge in [-0.2, -0.15) is 4.72 Å². The van der Waals surface area contributed by atoms with Gasteiger partial charge in [-0.05, 0) is 50.6 Å². The summed E-state index contributed by atoms with van der Waals surface area (Å²) in [6.07, 6.45) is 0. The highest BCUT2D eigenvalue weighted by Gasteiger charge is 2.29. The molecule has 0 radical (unpaired) electrons. The minimum absolute atomic E-state index is 0.129. The molecule has 0 aliphatic heterocycles. The monoisotopic (exact) mass is 448 g/mol. The Balaban J connectivity index is 1.83. The van der Waals surface area contributed by atoms with Gasteiger partial charge in [-0.3, -0.25) is 4.79 Å². The van der Waals surface area contributed by atoms with Crippen molar-refractivity contribution < 1.29 is 12.9 Å². The zero-order valence-electron chi connectivity index (χ0n) is 18.1. The smallest absolute Gasteiger partial charge is 0.292 e. The molecule has 6 nitrogen and oxygen atoms in total. The molecule has 1 heterocycles. The summed E-state index contributed by atoms with van der Waals surface area (Å²) in [6.45, 7) is 5.51. The van der Waals surface area contributed by atoms with Gasteiger partial charge in [0.15, 0.2) is 0 Å². The van der Waals surface area contributed by atoms with Crippen molar-refractivity contribution in [2.45, 2.75) is 31.7 Å². The van der Waals surface area contributed by atoms with E-state index in [4.69, 9.17) is 4.52 Å². The zero-order chi connectivity index (χ0) is 22.9. The molecule has 3 aromatic carbocycles. The molecule has 164 valence electrons. The largest absolute Gasteiger partial charge is 0.376 e. The van der Waals surface area contributed by atoms with Crippen molar-refractivity contribution in [1.29, 1.82) is 0 Å². The Hall–Kier alpha value is -3.42. The highest BCUT2D eigenvalue weighted by Crippen LogP contribution is 2.26. The van der Waals surface area contributed by atoms with Crippen molar-refractivity contribution in [3.05, 3.63) is 117 Å². The van der Waals surface area contributed by atoms with E-state index in [0.717, 1.165) is 11.1 Å². The lowest BCUT2D eigenvalue weighted by molar-refractivity contribution is 0.321. The molecule has 0 bridgehead atoms. The fourth-order valence-corrected chi connectivity index (χ4v) is 4.74. The molecule has 1 N–H and O–H groups in total. The van der Waals surface area contributed by atoms with E-state index in [-0.39, 0.29) is 10.5 Å². The molecule has 0 aliphatic rings. The van der Waals surface area contributed by atoms with E-state index >= 15 is 0 Å². The molecule has 0 amide bonds. The normalized spacial score (nSPS) is 12.6. The van der Waals surface area contributed by atoms with E-state index in [1.54, 1.807) is 67.6 Å². The number of aromatic nitrogens is 1. The standard InChI is InChI=1S/C25H24N2O4S/c1-17-9-13-21(14-10-17)27-25(28)23(19(3)31-27)24(20-7-5-4-6-8-20)26-32(29,30)22-15-11-18(2)12-16-22/h4-16,24,26H,1-3H3. The van der Waals surface area contributed by atoms with Crippen LogP contribution < -0.4 is 10.3 Å². The molecular formula is C25H24N2O4S. The van der Waals surface area contributed by atoms with Gasteiger partial charge in [0.25, 0.3) is 5.56 Å². The van der Waals surface area contributed by atoms with Crippen molar-refractivity contribution in [3.8, 4) is 5.69 Å². The molecule has 7 heteroatoms. The summed E-state index contributed by atoms with van der Waals surface area (Å²) in [5, 5.41) is 0. The number of benzene rings is 3. The first-order valence-corrected chi connectivity index (χ1v) is 11.7. The molecule has 4 aromatic rings. The Morgan fingerprint density at radius 1 is 0.812 bits per heavy atom. The first-order valence-electron chi connectivity index (χ1n) is 10.2. The Morgan fingerprint density at radius 2 is 1.38 bits per heavy atom. The topological polar surface area (TPSA) is 81.3 Å². The van der Waals surface area contributed by atoms with Crippen LogP contribution in [0.2, 0.25) is 0 Å². The van der Waals surface area contributed by atoms with E-state index in [2.05, 4.69) is 4.72 Å². The molecule has 0 saturated carbocycles. The van der Waals surface area contributed by atoms with Crippen LogP contribution in [0.25, 0.3) is 5.69 Å². The average Bonchev–Trinajstić information content (AvgIpc) is 3.07. The maximum atomic E-state index is 13.4. The summed E-state index contributed by atoms with van der Waals surface area (Å²) < 4.78 is 36.1. The lowest BCUT2D eigenvalue weighted by Gasteiger charge is -2.18. The van der Waals surface area contributed by atoms with Crippen LogP contribution >= 0.6 is 0 Å². The van der Waals surface area contributed by atoms with Crippen molar-refractivity contribution in [2.75, 3.05) is 0 Å². The molecule has 4 rings (SSSR count). The van der Waals surface area contributed by atoms with Crippen LogP contribution in [0.1, 0.15) is 34.1 Å². The third kappa shape index (κ3) is 4.30. The fourth-order valence-electron chi connectivity index (χ4n) is 3.54. The minimum atomic E-state index is -3.91. The zero-order valence-corrected chi connectivity index (χ0v) is 18.9. The molecule has 0 aliphatic carbocycles. The highest BCUT2D eigenvalue weighted by molar-refractivity contribution is 7.89. The summed E-state index contributed by atoms with van der Waals surface area (Å²) in [6, 6.07) is 22.0. The van der Waals surface area contributed by atoms with Crippen LogP contribution in [0, 0.1) is 20.8 Å². The van der Waals surface area contributed by atoms with Gasteiger partial charge in [-0.1, -0.05) is 65.7 Å². The van der Waals surface area contributed by atoms with Gasteiger partial charge in [-0.25, -0.2) is 8.42 Å². The summed E-state index contributed by atoms with van der Waals surface area (Å²) >= 11 is 0. The summed E-state index contributed by atoms with van der Waals surface area (Å²) in [5.41, 5.74) is 3.05. The predicted molar refractivity (Wildman–Crippen MR) is 124 cm³/mol. The first kappa shape index (κ1) is 21.8. The third-order valence-corrected chi connectivity index (χ3v) is 6.76. The molecule has 1 atom stereocenters. The van der Waals surface area contributed by atoms with Crippen LogP contribution in [0.4, 0.5) is 0 Å². The Kier molecular flexibility index (Phi) is 5.86. The van der Waals surface area contributed by atoms with E-state index in [0.29, 0.717) is 17.0 Å².